The minimum atomic E-state index is -0.422. The Hall–Kier alpha value is -2.94. The van der Waals surface area contributed by atoms with Crippen LogP contribution in [0.25, 0.3) is 0 Å². The Kier molecular flexibility index (Phi) is 3.69. The van der Waals surface area contributed by atoms with Crippen LogP contribution in [0.2, 0.25) is 0 Å². The van der Waals surface area contributed by atoms with Crippen molar-refractivity contribution >= 4 is 5.97 Å². The number of esters is 1. The molecule has 0 aliphatic heterocycles. The molecule has 0 saturated carbocycles. The van der Waals surface area contributed by atoms with E-state index in [0.717, 1.165) is 0 Å². The number of methoxy groups -OCH3 is 1. The molecule has 0 aliphatic carbocycles. The van der Waals surface area contributed by atoms with Gasteiger partial charge in [0.2, 0.25) is 0 Å². The molecule has 0 N–H and O–H groups in total. The van der Waals surface area contributed by atoms with Gasteiger partial charge in [-0.1, -0.05) is 0 Å². The molecular formula is C13H9N3O3. The Bertz CT molecular complexity index is 632. The summed E-state index contributed by atoms with van der Waals surface area (Å²) in [6, 6.07) is 9.76. The second kappa shape index (κ2) is 5.60. The third-order valence-electron chi connectivity index (χ3n) is 2.23. The smallest absolute Gasteiger partial charge is 0.337 e. The van der Waals surface area contributed by atoms with Crippen LogP contribution in [-0.2, 0) is 4.74 Å². The van der Waals surface area contributed by atoms with Crippen molar-refractivity contribution in [2.24, 2.45) is 0 Å². The Morgan fingerprint density at radius 2 is 2.00 bits per heavy atom. The zero-order valence-corrected chi connectivity index (χ0v) is 10.0. The molecule has 0 atom stereocenters. The molecule has 94 valence electrons. The maximum atomic E-state index is 11.2. The quantitative estimate of drug-likeness (QED) is 0.779. The molecule has 1 heterocycles. The van der Waals surface area contributed by atoms with Gasteiger partial charge in [-0.2, -0.15) is 10.2 Å². The van der Waals surface area contributed by atoms with E-state index in [2.05, 4.69) is 14.7 Å². The first-order chi connectivity index (χ1) is 9.22. The molecule has 1 aromatic carbocycles. The summed E-state index contributed by atoms with van der Waals surface area (Å²) in [5.74, 6) is 0.0389. The summed E-state index contributed by atoms with van der Waals surface area (Å²) in [5.41, 5.74) is 0.637. The molecule has 19 heavy (non-hydrogen) atoms. The average Bonchev–Trinajstić information content (AvgIpc) is 2.47. The van der Waals surface area contributed by atoms with Crippen LogP contribution in [-0.4, -0.2) is 23.0 Å². The van der Waals surface area contributed by atoms with Crippen LogP contribution in [0.5, 0.6) is 11.8 Å². The zero-order chi connectivity index (χ0) is 13.7. The molecule has 0 amide bonds. The van der Waals surface area contributed by atoms with E-state index >= 15 is 0 Å². The fraction of sp³-hybridized carbons (Fsp3) is 0.0769. The van der Waals surface area contributed by atoms with Crippen molar-refractivity contribution in [3.05, 3.63) is 47.8 Å². The summed E-state index contributed by atoms with van der Waals surface area (Å²) < 4.78 is 9.95. The van der Waals surface area contributed by atoms with Crippen LogP contribution in [0.1, 0.15) is 16.1 Å². The summed E-state index contributed by atoms with van der Waals surface area (Å²) in [5, 5.41) is 8.71. The van der Waals surface area contributed by atoms with Gasteiger partial charge in [0.1, 0.15) is 17.5 Å². The molecule has 0 spiro atoms. The second-order valence-electron chi connectivity index (χ2n) is 3.45. The molecule has 0 unspecified atom stereocenters. The lowest BCUT2D eigenvalue weighted by atomic mass is 10.2. The average molecular weight is 255 g/mol. The highest BCUT2D eigenvalue weighted by Crippen LogP contribution is 2.18. The third-order valence-corrected chi connectivity index (χ3v) is 2.23. The topological polar surface area (TPSA) is 85.1 Å². The number of carbonyl (C=O) groups excluding carboxylic acids is 1. The van der Waals surface area contributed by atoms with Crippen molar-refractivity contribution in [2.75, 3.05) is 7.11 Å². The summed E-state index contributed by atoms with van der Waals surface area (Å²) in [6.07, 6.45) is 1.43. The van der Waals surface area contributed by atoms with Crippen molar-refractivity contribution < 1.29 is 14.3 Å². The van der Waals surface area contributed by atoms with Gasteiger partial charge in [0, 0.05) is 6.20 Å². The number of hydrogen-bond donors (Lipinski definition) is 0. The second-order valence-corrected chi connectivity index (χ2v) is 3.45. The summed E-state index contributed by atoms with van der Waals surface area (Å²) >= 11 is 0. The Balaban J connectivity index is 2.15. The van der Waals surface area contributed by atoms with Gasteiger partial charge < -0.3 is 9.47 Å². The first kappa shape index (κ1) is 12.5. The van der Waals surface area contributed by atoms with Crippen LogP contribution in [0.3, 0.4) is 0 Å². The van der Waals surface area contributed by atoms with Crippen LogP contribution in [0, 0.1) is 11.3 Å². The normalized spacial score (nSPS) is 9.47. The molecule has 2 aromatic rings. The van der Waals surface area contributed by atoms with E-state index in [1.165, 1.54) is 19.4 Å². The van der Waals surface area contributed by atoms with Crippen LogP contribution < -0.4 is 4.74 Å². The minimum Gasteiger partial charge on any atom is -0.465 e. The van der Waals surface area contributed by atoms with E-state index < -0.39 is 5.97 Å². The predicted molar refractivity (Wildman–Crippen MR) is 64.6 cm³/mol. The Morgan fingerprint density at radius 3 is 2.63 bits per heavy atom. The molecule has 1 aromatic heterocycles. The summed E-state index contributed by atoms with van der Waals surface area (Å²) in [6.45, 7) is 0. The number of rotatable bonds is 3. The van der Waals surface area contributed by atoms with Gasteiger partial charge in [-0.05, 0) is 30.3 Å². The van der Waals surface area contributed by atoms with Crippen molar-refractivity contribution in [3.8, 4) is 17.8 Å². The SMILES string of the molecule is COC(=O)c1ccc(Oc2nccc(C#N)n2)cc1. The van der Waals surface area contributed by atoms with E-state index in [-0.39, 0.29) is 11.7 Å². The van der Waals surface area contributed by atoms with E-state index in [4.69, 9.17) is 10.00 Å². The fourth-order valence-corrected chi connectivity index (χ4v) is 1.33. The van der Waals surface area contributed by atoms with E-state index in [9.17, 15) is 4.79 Å². The molecule has 0 bridgehead atoms. The number of carbonyl (C=O) groups is 1. The molecule has 0 saturated heterocycles. The maximum absolute atomic E-state index is 11.2. The highest BCUT2D eigenvalue weighted by molar-refractivity contribution is 5.89. The highest BCUT2D eigenvalue weighted by atomic mass is 16.5. The predicted octanol–water partition coefficient (Wildman–Crippen LogP) is 1.93. The van der Waals surface area contributed by atoms with Crippen LogP contribution in [0.4, 0.5) is 0 Å². The lowest BCUT2D eigenvalue weighted by Crippen LogP contribution is -2.00. The van der Waals surface area contributed by atoms with Gasteiger partial charge in [0.15, 0.2) is 0 Å². The largest absolute Gasteiger partial charge is 0.465 e. The number of nitriles is 1. The summed E-state index contributed by atoms with van der Waals surface area (Å²) in [7, 11) is 1.31. The molecule has 0 radical (unpaired) electrons. The monoisotopic (exact) mass is 255 g/mol. The van der Waals surface area contributed by atoms with Crippen molar-refractivity contribution in [1.29, 1.82) is 5.26 Å². The number of aromatic nitrogens is 2. The molecule has 6 nitrogen and oxygen atoms in total. The number of nitrogens with zero attached hydrogens (tertiary/aromatic N) is 3. The van der Waals surface area contributed by atoms with Crippen molar-refractivity contribution in [3.63, 3.8) is 0 Å². The Morgan fingerprint density at radius 1 is 1.26 bits per heavy atom. The molecular weight excluding hydrogens is 246 g/mol. The standard InChI is InChI=1S/C13H9N3O3/c1-18-12(17)9-2-4-11(5-3-9)19-13-15-7-6-10(8-14)16-13/h2-7H,1H3. The van der Waals surface area contributed by atoms with Gasteiger partial charge in [-0.15, -0.1) is 0 Å². The number of hydrogen-bond acceptors (Lipinski definition) is 6. The first-order valence-corrected chi connectivity index (χ1v) is 5.32. The van der Waals surface area contributed by atoms with Crippen LogP contribution in [0.15, 0.2) is 36.5 Å². The van der Waals surface area contributed by atoms with Crippen molar-refractivity contribution in [1.82, 2.24) is 9.97 Å². The van der Waals surface area contributed by atoms with Gasteiger partial charge in [0.25, 0.3) is 0 Å². The van der Waals surface area contributed by atoms with Gasteiger partial charge >= 0.3 is 12.0 Å². The van der Waals surface area contributed by atoms with Crippen LogP contribution >= 0.6 is 0 Å². The zero-order valence-electron chi connectivity index (χ0n) is 10.0. The highest BCUT2D eigenvalue weighted by Gasteiger charge is 2.06. The van der Waals surface area contributed by atoms with E-state index in [1.54, 1.807) is 24.3 Å². The molecule has 0 aliphatic rings. The van der Waals surface area contributed by atoms with E-state index in [0.29, 0.717) is 11.3 Å². The molecule has 6 heteroatoms. The third kappa shape index (κ3) is 3.04. The lowest BCUT2D eigenvalue weighted by Gasteiger charge is -2.04. The lowest BCUT2D eigenvalue weighted by molar-refractivity contribution is 0.0600. The Labute approximate surface area is 109 Å². The minimum absolute atomic E-state index is 0.0740. The van der Waals surface area contributed by atoms with Crippen molar-refractivity contribution in [2.45, 2.75) is 0 Å². The summed E-state index contributed by atoms with van der Waals surface area (Å²) in [4.78, 5) is 19.0. The molecule has 2 rings (SSSR count). The molecule has 0 fully saturated rings. The first-order valence-electron chi connectivity index (χ1n) is 5.32. The van der Waals surface area contributed by atoms with Gasteiger partial charge in [-0.3, -0.25) is 0 Å². The number of benzene rings is 1. The number of ether oxygens (including phenoxy) is 2. The van der Waals surface area contributed by atoms with Gasteiger partial charge in [-0.25, -0.2) is 9.78 Å². The van der Waals surface area contributed by atoms with Gasteiger partial charge in [0.05, 0.1) is 12.7 Å². The fourth-order valence-electron chi connectivity index (χ4n) is 1.33. The van der Waals surface area contributed by atoms with E-state index in [1.807, 2.05) is 6.07 Å². The maximum Gasteiger partial charge on any atom is 0.337 e.